The summed E-state index contributed by atoms with van der Waals surface area (Å²) < 4.78 is 0. The van der Waals surface area contributed by atoms with Gasteiger partial charge in [-0.1, -0.05) is 66.7 Å². The van der Waals surface area contributed by atoms with Crippen LogP contribution in [0.2, 0.25) is 0 Å². The second-order valence-electron chi connectivity index (χ2n) is 7.42. The summed E-state index contributed by atoms with van der Waals surface area (Å²) in [4.78, 5) is 23.6. The van der Waals surface area contributed by atoms with Gasteiger partial charge in [-0.2, -0.15) is 0 Å². The normalized spacial score (nSPS) is 11.2. The zero-order valence-electron chi connectivity index (χ0n) is 16.0. The second-order valence-corrected chi connectivity index (χ2v) is 7.42. The zero-order chi connectivity index (χ0) is 20.3. The first-order valence-electron chi connectivity index (χ1n) is 9.10. The minimum Gasteiger partial charge on any atom is -0.481 e. The third-order valence-electron chi connectivity index (χ3n) is 5.03. The maximum absolute atomic E-state index is 12.0. The molecule has 0 saturated heterocycles. The van der Waals surface area contributed by atoms with Crippen LogP contribution in [0, 0.1) is 0 Å². The van der Waals surface area contributed by atoms with Crippen molar-refractivity contribution in [2.45, 2.75) is 25.7 Å². The number of rotatable bonds is 6. The average Bonchev–Trinajstić information content (AvgIpc) is 2.68. The monoisotopic (exact) mass is 373 g/mol. The molecule has 0 fully saturated rings. The van der Waals surface area contributed by atoms with Gasteiger partial charge in [0.25, 0.3) is 0 Å². The van der Waals surface area contributed by atoms with Gasteiger partial charge < -0.3 is 10.8 Å². The molecule has 142 valence electrons. The van der Waals surface area contributed by atoms with Gasteiger partial charge >= 0.3 is 5.97 Å². The van der Waals surface area contributed by atoms with E-state index in [1.807, 2.05) is 48.5 Å². The van der Waals surface area contributed by atoms with Crippen LogP contribution in [0.5, 0.6) is 0 Å². The highest BCUT2D eigenvalue weighted by Crippen LogP contribution is 2.31. The van der Waals surface area contributed by atoms with Gasteiger partial charge in [0.15, 0.2) is 0 Å². The van der Waals surface area contributed by atoms with Crippen molar-refractivity contribution in [2.75, 3.05) is 0 Å². The summed E-state index contributed by atoms with van der Waals surface area (Å²) in [6.45, 7) is 3.32. The fourth-order valence-corrected chi connectivity index (χ4v) is 3.19. The van der Waals surface area contributed by atoms with Crippen molar-refractivity contribution in [1.82, 2.24) is 0 Å². The van der Waals surface area contributed by atoms with Crippen molar-refractivity contribution in [1.29, 1.82) is 0 Å². The molecule has 0 heterocycles. The van der Waals surface area contributed by atoms with E-state index in [1.165, 1.54) is 5.56 Å². The Balaban J connectivity index is 2.08. The van der Waals surface area contributed by atoms with Crippen LogP contribution < -0.4 is 5.73 Å². The molecule has 3 rings (SSSR count). The number of primary amides is 1. The molecule has 3 aromatic rings. The third kappa shape index (κ3) is 3.96. The number of hydrogen-bond donors (Lipinski definition) is 2. The molecule has 0 saturated carbocycles. The van der Waals surface area contributed by atoms with Crippen LogP contribution in [0.25, 0.3) is 11.1 Å². The molecule has 0 radical (unpaired) electrons. The van der Waals surface area contributed by atoms with Crippen LogP contribution in [-0.2, 0) is 16.6 Å². The predicted molar refractivity (Wildman–Crippen MR) is 110 cm³/mol. The smallest absolute Gasteiger partial charge is 0.313 e. The van der Waals surface area contributed by atoms with Crippen molar-refractivity contribution in [3.05, 3.63) is 95.1 Å². The number of carbonyl (C=O) groups is 2. The molecule has 3 N–H and O–H groups in total. The first-order valence-corrected chi connectivity index (χ1v) is 9.10. The Morgan fingerprint density at radius 2 is 1.61 bits per heavy atom. The standard InChI is InChI=1S/C24H23NO3/c1-24(2,23(27)28)19-10-6-9-18(15-19)21-14-17(11-12-20(21)22(25)26)13-16-7-4-3-5-8-16/h3-12,14-15H,13H2,1-2H3,(H2,25,26)(H,27,28). The van der Waals surface area contributed by atoms with Crippen LogP contribution in [0.3, 0.4) is 0 Å². The molecule has 0 atom stereocenters. The van der Waals surface area contributed by atoms with E-state index in [1.54, 1.807) is 26.0 Å². The summed E-state index contributed by atoms with van der Waals surface area (Å²) in [5, 5.41) is 9.53. The van der Waals surface area contributed by atoms with E-state index >= 15 is 0 Å². The Morgan fingerprint density at radius 1 is 0.893 bits per heavy atom. The molecule has 28 heavy (non-hydrogen) atoms. The topological polar surface area (TPSA) is 80.4 Å². The van der Waals surface area contributed by atoms with E-state index < -0.39 is 17.3 Å². The Hall–Kier alpha value is -3.40. The van der Waals surface area contributed by atoms with Crippen LogP contribution in [-0.4, -0.2) is 17.0 Å². The maximum Gasteiger partial charge on any atom is 0.313 e. The summed E-state index contributed by atoms with van der Waals surface area (Å²) in [7, 11) is 0. The van der Waals surface area contributed by atoms with Crippen molar-refractivity contribution >= 4 is 11.9 Å². The lowest BCUT2D eigenvalue weighted by molar-refractivity contribution is -0.142. The quantitative estimate of drug-likeness (QED) is 0.672. The molecule has 4 nitrogen and oxygen atoms in total. The molecule has 0 aliphatic heterocycles. The van der Waals surface area contributed by atoms with Gasteiger partial charge in [0.1, 0.15) is 0 Å². The fourth-order valence-electron chi connectivity index (χ4n) is 3.19. The van der Waals surface area contributed by atoms with E-state index in [0.29, 0.717) is 16.7 Å². The summed E-state index contributed by atoms with van der Waals surface area (Å²) in [6, 6.07) is 23.0. The lowest BCUT2D eigenvalue weighted by Crippen LogP contribution is -2.28. The Labute approximate surface area is 164 Å². The SMILES string of the molecule is CC(C)(C(=O)O)c1cccc(-c2cc(Cc3ccccc3)ccc2C(N)=O)c1. The van der Waals surface area contributed by atoms with E-state index in [9.17, 15) is 14.7 Å². The summed E-state index contributed by atoms with van der Waals surface area (Å²) in [5.74, 6) is -1.42. The molecule has 0 aliphatic carbocycles. The minimum absolute atomic E-state index is 0.419. The van der Waals surface area contributed by atoms with Gasteiger partial charge in [-0.05, 0) is 54.2 Å². The summed E-state index contributed by atoms with van der Waals surface area (Å²) in [6.07, 6.45) is 0.729. The summed E-state index contributed by atoms with van der Waals surface area (Å²) in [5.41, 5.74) is 9.35. The van der Waals surface area contributed by atoms with Crippen LogP contribution in [0.15, 0.2) is 72.8 Å². The second kappa shape index (κ2) is 7.69. The van der Waals surface area contributed by atoms with E-state index in [-0.39, 0.29) is 0 Å². The van der Waals surface area contributed by atoms with Crippen LogP contribution in [0.1, 0.15) is 40.9 Å². The number of aliphatic carboxylic acids is 1. The molecular formula is C24H23NO3. The van der Waals surface area contributed by atoms with Gasteiger partial charge in [0.2, 0.25) is 5.91 Å². The Morgan fingerprint density at radius 3 is 2.25 bits per heavy atom. The number of nitrogens with two attached hydrogens (primary N) is 1. The fraction of sp³-hybridized carbons (Fsp3) is 0.167. The molecule has 0 aliphatic rings. The van der Waals surface area contributed by atoms with Crippen molar-refractivity contribution < 1.29 is 14.7 Å². The van der Waals surface area contributed by atoms with E-state index in [4.69, 9.17) is 5.73 Å². The van der Waals surface area contributed by atoms with Crippen LogP contribution >= 0.6 is 0 Å². The predicted octanol–water partition coefficient (Wildman–Crippen LogP) is 4.41. The van der Waals surface area contributed by atoms with Gasteiger partial charge in [-0.15, -0.1) is 0 Å². The van der Waals surface area contributed by atoms with Crippen molar-refractivity contribution in [3.8, 4) is 11.1 Å². The molecule has 3 aromatic carbocycles. The average molecular weight is 373 g/mol. The van der Waals surface area contributed by atoms with Gasteiger partial charge in [0.05, 0.1) is 5.41 Å². The molecule has 4 heteroatoms. The first kappa shape index (κ1) is 19.4. The maximum atomic E-state index is 12.0. The van der Waals surface area contributed by atoms with Crippen LogP contribution in [0.4, 0.5) is 0 Å². The molecule has 1 amide bonds. The number of benzene rings is 3. The van der Waals surface area contributed by atoms with E-state index in [0.717, 1.165) is 17.5 Å². The van der Waals surface area contributed by atoms with E-state index in [2.05, 4.69) is 12.1 Å². The molecular weight excluding hydrogens is 350 g/mol. The Bertz CT molecular complexity index is 1020. The highest BCUT2D eigenvalue weighted by molar-refractivity contribution is 6.00. The largest absolute Gasteiger partial charge is 0.481 e. The van der Waals surface area contributed by atoms with Crippen molar-refractivity contribution in [2.24, 2.45) is 5.73 Å². The lowest BCUT2D eigenvalue weighted by Gasteiger charge is -2.21. The third-order valence-corrected chi connectivity index (χ3v) is 5.03. The summed E-state index contributed by atoms with van der Waals surface area (Å²) >= 11 is 0. The first-order chi connectivity index (χ1) is 13.3. The van der Waals surface area contributed by atoms with Crippen molar-refractivity contribution in [3.63, 3.8) is 0 Å². The zero-order valence-corrected chi connectivity index (χ0v) is 16.0. The number of carbonyl (C=O) groups excluding carboxylic acids is 1. The molecule has 0 aromatic heterocycles. The van der Waals surface area contributed by atoms with Gasteiger partial charge in [0, 0.05) is 5.56 Å². The Kier molecular flexibility index (Phi) is 5.32. The number of carboxylic acid groups (broad SMARTS) is 1. The highest BCUT2D eigenvalue weighted by atomic mass is 16.4. The van der Waals surface area contributed by atoms with Gasteiger partial charge in [-0.25, -0.2) is 0 Å². The molecule has 0 bridgehead atoms. The number of hydrogen-bond acceptors (Lipinski definition) is 2. The number of carboxylic acids is 1. The van der Waals surface area contributed by atoms with Gasteiger partial charge in [-0.3, -0.25) is 9.59 Å². The molecule has 0 spiro atoms. The highest BCUT2D eigenvalue weighted by Gasteiger charge is 2.29. The number of amides is 1. The lowest BCUT2D eigenvalue weighted by atomic mass is 9.83. The minimum atomic E-state index is -1.04. The molecule has 0 unspecified atom stereocenters.